The molecule has 9 nitrogen and oxygen atoms in total. The molecule has 2 aliphatic carbocycles. The number of nitrogens with one attached hydrogen (secondary N) is 1. The minimum absolute atomic E-state index is 0.0108. The van der Waals surface area contributed by atoms with Crippen molar-refractivity contribution in [2.45, 2.75) is 114 Å². The van der Waals surface area contributed by atoms with Crippen LogP contribution in [0.3, 0.4) is 0 Å². The number of ketones is 2. The van der Waals surface area contributed by atoms with E-state index in [9.17, 15) is 24.9 Å². The van der Waals surface area contributed by atoms with Gasteiger partial charge in [0.05, 0.1) is 19.3 Å². The molecule has 3 aliphatic rings. The highest BCUT2D eigenvalue weighted by Crippen LogP contribution is 2.37. The Morgan fingerprint density at radius 3 is 2.72 bits per heavy atom. The fraction of sp³-hybridized carbons (Fsp3) is 0.605. The Labute approximate surface area is 278 Å². The molecule has 0 amide bonds. The molecule has 0 spiro atoms. The minimum atomic E-state index is -0.851. The maximum atomic E-state index is 13.4. The largest absolute Gasteiger partial charge is 0.504 e. The third-order valence-corrected chi connectivity index (χ3v) is 10.5. The summed E-state index contributed by atoms with van der Waals surface area (Å²) in [5.41, 5.74) is 8.53. The van der Waals surface area contributed by atoms with Gasteiger partial charge in [-0.3, -0.25) is 9.59 Å². The number of nitrogens with zero attached hydrogens (tertiary/aromatic N) is 1. The van der Waals surface area contributed by atoms with Crippen molar-refractivity contribution in [1.82, 2.24) is 10.3 Å². The fourth-order valence-corrected chi connectivity index (χ4v) is 7.70. The number of hydrogen-bond donors (Lipinski definition) is 5. The Bertz CT molecular complexity index is 1450. The molecule has 6 N–H and O–H groups in total. The standard InChI is InChI=1S/C38H51N3O6/c1-47-37-20-27-10-15-35(45)31(34(44)5-3-2-4-25-18-28-8-13-30(43)21-33(28)41-23-25)14-9-26(32(27)22-36(37)46)7-12-29(42)11-6-24-16-17-40-38(39)19-24/h16-17,19-20,22,25-26,28-29,31,33-34,41-42,44,46H,2-8,10-13,15,18,21,23H2,1H3,(H2,39,40)/t25-,26+,28+,29+,31+,33+,34+/m0/s1. The van der Waals surface area contributed by atoms with Crippen LogP contribution in [0.2, 0.25) is 0 Å². The number of fused-ring (bicyclic) bond motifs is 2. The summed E-state index contributed by atoms with van der Waals surface area (Å²) in [5, 5.41) is 36.3. The zero-order chi connectivity index (χ0) is 33.3. The topological polar surface area (TPSA) is 155 Å². The zero-order valence-corrected chi connectivity index (χ0v) is 27.6. The Hall–Kier alpha value is -3.45. The van der Waals surface area contributed by atoms with E-state index in [0.29, 0.717) is 86.6 Å². The van der Waals surface area contributed by atoms with Gasteiger partial charge in [-0.2, -0.15) is 0 Å². The Kier molecular flexibility index (Phi) is 12.3. The van der Waals surface area contributed by atoms with Crippen LogP contribution in [-0.2, 0) is 22.4 Å². The number of methoxy groups -OCH3 is 1. The van der Waals surface area contributed by atoms with Crippen LogP contribution in [0.5, 0.6) is 11.5 Å². The van der Waals surface area contributed by atoms with Crippen molar-refractivity contribution in [3.63, 3.8) is 0 Å². The molecule has 2 aromatic rings. The van der Waals surface area contributed by atoms with Crippen molar-refractivity contribution >= 4 is 17.4 Å². The SMILES string of the molecule is COc1cc2c(cc1O)[C@H](CC[C@H](O)CCc1ccnc(N)c1)C#C[C@H]([C@H](O)CCCC[C@@H]1CN[C@@H]3CC(=O)CC[C@@H]3C1)C(=O)CC2. The lowest BCUT2D eigenvalue weighted by Crippen LogP contribution is -2.48. The van der Waals surface area contributed by atoms with E-state index >= 15 is 0 Å². The van der Waals surface area contributed by atoms with Crippen molar-refractivity contribution < 1.29 is 29.6 Å². The number of unbranched alkanes of at least 4 members (excludes halogenated alkanes) is 1. The number of nitrogens with two attached hydrogens (primary N) is 1. The van der Waals surface area contributed by atoms with Crippen LogP contribution in [0.1, 0.15) is 99.7 Å². The zero-order valence-electron chi connectivity index (χ0n) is 27.6. The maximum absolute atomic E-state index is 13.4. The first-order valence-corrected chi connectivity index (χ1v) is 17.4. The van der Waals surface area contributed by atoms with Crippen molar-refractivity contribution in [2.24, 2.45) is 17.8 Å². The molecule has 2 heterocycles. The van der Waals surface area contributed by atoms with Gasteiger partial charge in [0.25, 0.3) is 0 Å². The molecule has 1 saturated heterocycles. The van der Waals surface area contributed by atoms with E-state index in [1.165, 1.54) is 7.11 Å². The number of piperidine rings is 1. The van der Waals surface area contributed by atoms with Gasteiger partial charge >= 0.3 is 0 Å². The molecule has 2 fully saturated rings. The van der Waals surface area contributed by atoms with Gasteiger partial charge in [-0.1, -0.05) is 24.7 Å². The smallest absolute Gasteiger partial charge is 0.160 e. The highest BCUT2D eigenvalue weighted by Gasteiger charge is 2.34. The summed E-state index contributed by atoms with van der Waals surface area (Å²) in [4.78, 5) is 29.3. The molecule has 47 heavy (non-hydrogen) atoms. The molecule has 0 unspecified atom stereocenters. The number of hydrogen-bond acceptors (Lipinski definition) is 9. The molecule has 9 heteroatoms. The lowest BCUT2D eigenvalue weighted by atomic mass is 9.74. The summed E-state index contributed by atoms with van der Waals surface area (Å²) in [6, 6.07) is 7.51. The number of aromatic nitrogens is 1. The van der Waals surface area contributed by atoms with Gasteiger partial charge in [-0.25, -0.2) is 4.98 Å². The van der Waals surface area contributed by atoms with Crippen LogP contribution in [0.25, 0.3) is 0 Å². The molecule has 0 bridgehead atoms. The van der Waals surface area contributed by atoms with Crippen LogP contribution < -0.4 is 15.8 Å². The predicted molar refractivity (Wildman–Crippen MR) is 181 cm³/mol. The van der Waals surface area contributed by atoms with E-state index in [-0.39, 0.29) is 23.9 Å². The maximum Gasteiger partial charge on any atom is 0.160 e. The van der Waals surface area contributed by atoms with E-state index in [1.807, 2.05) is 12.1 Å². The van der Waals surface area contributed by atoms with Crippen LogP contribution in [0, 0.1) is 29.6 Å². The van der Waals surface area contributed by atoms with Crippen LogP contribution in [-0.4, -0.2) is 63.8 Å². The number of carbonyl (C=O) groups is 2. The number of aliphatic hydroxyl groups excluding tert-OH is 2. The Morgan fingerprint density at radius 1 is 1.06 bits per heavy atom. The van der Waals surface area contributed by atoms with E-state index in [0.717, 1.165) is 55.3 Å². The summed E-state index contributed by atoms with van der Waals surface area (Å²) in [6.07, 6.45) is 10.1. The molecular weight excluding hydrogens is 594 g/mol. The van der Waals surface area contributed by atoms with Crippen molar-refractivity contribution in [3.05, 3.63) is 47.2 Å². The fourth-order valence-electron chi connectivity index (χ4n) is 7.70. The number of aryl methyl sites for hydroxylation is 2. The highest BCUT2D eigenvalue weighted by atomic mass is 16.5. The van der Waals surface area contributed by atoms with Gasteiger partial charge in [-0.05, 0) is 117 Å². The Balaban J connectivity index is 1.20. The molecule has 1 saturated carbocycles. The number of phenols is 1. The first-order valence-electron chi connectivity index (χ1n) is 17.4. The monoisotopic (exact) mass is 645 g/mol. The number of Topliss-reactive ketones (excluding diaryl/α,β-unsaturated/α-hetero) is 2. The predicted octanol–water partition coefficient (Wildman–Crippen LogP) is 4.64. The number of carbonyl (C=O) groups excluding carboxylic acids is 2. The molecule has 0 radical (unpaired) electrons. The van der Waals surface area contributed by atoms with E-state index in [2.05, 4.69) is 22.1 Å². The second kappa shape index (κ2) is 16.6. The van der Waals surface area contributed by atoms with Gasteiger partial charge in [-0.15, -0.1) is 0 Å². The third kappa shape index (κ3) is 9.56. The summed E-state index contributed by atoms with van der Waals surface area (Å²) in [5.74, 6) is 7.64. The van der Waals surface area contributed by atoms with Crippen molar-refractivity contribution in [1.29, 1.82) is 0 Å². The van der Waals surface area contributed by atoms with Crippen molar-refractivity contribution in [3.8, 4) is 23.3 Å². The molecule has 7 atom stereocenters. The lowest BCUT2D eigenvalue weighted by Gasteiger charge is -2.39. The quantitative estimate of drug-likeness (QED) is 0.155. The van der Waals surface area contributed by atoms with Crippen LogP contribution in [0.15, 0.2) is 30.5 Å². The first kappa shape index (κ1) is 34.9. The molecular formula is C38H51N3O6. The summed E-state index contributed by atoms with van der Waals surface area (Å²) >= 11 is 0. The van der Waals surface area contributed by atoms with Crippen molar-refractivity contribution in [2.75, 3.05) is 19.4 Å². The highest BCUT2D eigenvalue weighted by molar-refractivity contribution is 5.85. The van der Waals surface area contributed by atoms with E-state index < -0.39 is 18.1 Å². The number of pyridine rings is 1. The number of ether oxygens (including phenoxy) is 1. The number of benzene rings is 1. The number of nitrogen functional groups attached to an aromatic ring is 1. The summed E-state index contributed by atoms with van der Waals surface area (Å²) < 4.78 is 5.36. The minimum Gasteiger partial charge on any atom is -0.504 e. The Morgan fingerprint density at radius 2 is 1.91 bits per heavy atom. The third-order valence-electron chi connectivity index (χ3n) is 10.5. The normalized spacial score (nSPS) is 25.6. The number of phenolic OH excluding ortho intramolecular Hbond substituents is 1. The van der Waals surface area contributed by atoms with Gasteiger partial charge in [0.2, 0.25) is 0 Å². The van der Waals surface area contributed by atoms with Gasteiger partial charge in [0.15, 0.2) is 17.3 Å². The molecule has 1 aromatic carbocycles. The number of aliphatic hydroxyl groups is 2. The number of rotatable bonds is 13. The molecule has 1 aliphatic heterocycles. The molecule has 1 aromatic heterocycles. The number of anilines is 1. The summed E-state index contributed by atoms with van der Waals surface area (Å²) in [6.45, 7) is 0.943. The summed E-state index contributed by atoms with van der Waals surface area (Å²) in [7, 11) is 1.50. The van der Waals surface area contributed by atoms with Gasteiger partial charge in [0.1, 0.15) is 17.5 Å². The lowest BCUT2D eigenvalue weighted by molar-refractivity contribution is -0.124. The van der Waals surface area contributed by atoms with Crippen LogP contribution in [0.4, 0.5) is 5.82 Å². The molecule has 5 rings (SSSR count). The first-order chi connectivity index (χ1) is 22.7. The average molecular weight is 646 g/mol. The molecule has 254 valence electrons. The van der Waals surface area contributed by atoms with Gasteiger partial charge in [0, 0.05) is 37.4 Å². The second-order valence-corrected chi connectivity index (χ2v) is 13.9. The number of aromatic hydroxyl groups is 1. The second-order valence-electron chi connectivity index (χ2n) is 13.9. The van der Waals surface area contributed by atoms with E-state index in [4.69, 9.17) is 10.5 Å². The van der Waals surface area contributed by atoms with Crippen LogP contribution >= 0.6 is 0 Å². The average Bonchev–Trinajstić information content (AvgIpc) is 3.12. The van der Waals surface area contributed by atoms with Gasteiger partial charge < -0.3 is 31.1 Å². The van der Waals surface area contributed by atoms with E-state index in [1.54, 1.807) is 18.3 Å².